The van der Waals surface area contributed by atoms with E-state index >= 15 is 0 Å². The number of hydrogen-bond acceptors (Lipinski definition) is 3. The van der Waals surface area contributed by atoms with Crippen LogP contribution in [0.2, 0.25) is 0 Å². The minimum Gasteiger partial charge on any atom is -0.444 e. The van der Waals surface area contributed by atoms with E-state index in [-0.39, 0.29) is 23.6 Å². The molecule has 1 aliphatic carbocycles. The van der Waals surface area contributed by atoms with Crippen molar-refractivity contribution < 1.29 is 14.6 Å². The van der Waals surface area contributed by atoms with E-state index in [0.717, 1.165) is 24.8 Å². The van der Waals surface area contributed by atoms with Crippen LogP contribution in [-0.4, -0.2) is 33.3 Å². The quantitative estimate of drug-likeness (QED) is 0.854. The van der Waals surface area contributed by atoms with Crippen molar-refractivity contribution in [3.63, 3.8) is 0 Å². The van der Waals surface area contributed by atoms with E-state index in [1.54, 1.807) is 0 Å². The van der Waals surface area contributed by atoms with Crippen molar-refractivity contribution in [3.8, 4) is 0 Å². The van der Waals surface area contributed by atoms with Crippen LogP contribution in [0.1, 0.15) is 58.6 Å². The first-order valence-electron chi connectivity index (χ1n) is 8.49. The summed E-state index contributed by atoms with van der Waals surface area (Å²) in [4.78, 5) is 14.7. The van der Waals surface area contributed by atoms with Crippen LogP contribution < -0.4 is 0 Å². The molecule has 1 aliphatic heterocycles. The summed E-state index contributed by atoms with van der Waals surface area (Å²) in [7, 11) is 0. The molecule has 0 spiro atoms. The molecular formula is C19H27NO3. The standard InChI is InChI=1S/C19H27NO3/c1-18(2,3)23-17(22)20-15(13-9-6-5-7-10-13)16(21)14-11-8-12-19(14,20)4/h5-7,9-10,14-16,21H,8,11-12H2,1-4H3/t14-,15+,16+,19-/m1/s1. The number of rotatable bonds is 1. The maximum atomic E-state index is 12.9. The summed E-state index contributed by atoms with van der Waals surface area (Å²) in [6.45, 7) is 7.73. The third-order valence-electron chi connectivity index (χ3n) is 5.29. The van der Waals surface area contributed by atoms with E-state index in [4.69, 9.17) is 4.74 Å². The van der Waals surface area contributed by atoms with Gasteiger partial charge in [0.05, 0.1) is 12.1 Å². The molecule has 1 saturated heterocycles. The van der Waals surface area contributed by atoms with Crippen LogP contribution in [0.5, 0.6) is 0 Å². The zero-order chi connectivity index (χ0) is 16.8. The first-order valence-corrected chi connectivity index (χ1v) is 8.49. The molecule has 23 heavy (non-hydrogen) atoms. The fourth-order valence-corrected chi connectivity index (χ4v) is 4.33. The van der Waals surface area contributed by atoms with E-state index < -0.39 is 11.7 Å². The van der Waals surface area contributed by atoms with Crippen molar-refractivity contribution in [2.24, 2.45) is 5.92 Å². The minimum absolute atomic E-state index is 0.111. The highest BCUT2D eigenvalue weighted by Crippen LogP contribution is 2.54. The summed E-state index contributed by atoms with van der Waals surface area (Å²) < 4.78 is 5.67. The summed E-state index contributed by atoms with van der Waals surface area (Å²) in [5, 5.41) is 10.9. The summed E-state index contributed by atoms with van der Waals surface area (Å²) >= 11 is 0. The molecule has 0 unspecified atom stereocenters. The van der Waals surface area contributed by atoms with Crippen molar-refractivity contribution >= 4 is 6.09 Å². The third kappa shape index (κ3) is 2.74. The number of hydrogen-bond donors (Lipinski definition) is 1. The topological polar surface area (TPSA) is 49.8 Å². The number of ether oxygens (including phenoxy) is 1. The molecular weight excluding hydrogens is 290 g/mol. The van der Waals surface area contributed by atoms with Gasteiger partial charge in [0.15, 0.2) is 0 Å². The molecule has 2 fully saturated rings. The third-order valence-corrected chi connectivity index (χ3v) is 5.29. The van der Waals surface area contributed by atoms with E-state index in [1.165, 1.54) is 0 Å². The lowest BCUT2D eigenvalue weighted by molar-refractivity contribution is -0.00459. The molecule has 3 rings (SSSR count). The first kappa shape index (κ1) is 16.3. The van der Waals surface area contributed by atoms with E-state index in [2.05, 4.69) is 6.92 Å². The SMILES string of the molecule is CC(C)(C)OC(=O)N1[C@@H](c2ccccc2)[C@@H](O)[C@H]2CCC[C@]21C. The molecule has 1 saturated carbocycles. The van der Waals surface area contributed by atoms with Gasteiger partial charge < -0.3 is 9.84 Å². The van der Waals surface area contributed by atoms with Crippen LogP contribution in [0.25, 0.3) is 0 Å². The average Bonchev–Trinajstić information content (AvgIpc) is 2.93. The monoisotopic (exact) mass is 317 g/mol. The van der Waals surface area contributed by atoms with Crippen LogP contribution in [0.15, 0.2) is 30.3 Å². The molecule has 1 N–H and O–H groups in total. The van der Waals surface area contributed by atoms with Crippen molar-refractivity contribution in [2.75, 3.05) is 0 Å². The fraction of sp³-hybridized carbons (Fsp3) is 0.632. The Morgan fingerprint density at radius 2 is 1.96 bits per heavy atom. The Morgan fingerprint density at radius 3 is 2.57 bits per heavy atom. The molecule has 1 aromatic carbocycles. The van der Waals surface area contributed by atoms with Gasteiger partial charge in [-0.1, -0.05) is 36.8 Å². The number of nitrogens with zero attached hydrogens (tertiary/aromatic N) is 1. The molecule has 4 heteroatoms. The lowest BCUT2D eigenvalue weighted by Gasteiger charge is -2.38. The molecule has 4 nitrogen and oxygen atoms in total. The number of amides is 1. The van der Waals surface area contributed by atoms with E-state index in [1.807, 2.05) is 56.0 Å². The van der Waals surface area contributed by atoms with Gasteiger partial charge in [0.2, 0.25) is 0 Å². The molecule has 126 valence electrons. The van der Waals surface area contributed by atoms with Crippen LogP contribution in [0, 0.1) is 5.92 Å². The second kappa shape index (κ2) is 5.52. The Hall–Kier alpha value is -1.55. The summed E-state index contributed by atoms with van der Waals surface area (Å²) in [6.07, 6.45) is 2.05. The van der Waals surface area contributed by atoms with Crippen molar-refractivity contribution in [2.45, 2.75) is 70.2 Å². The van der Waals surface area contributed by atoms with E-state index in [0.29, 0.717) is 0 Å². The number of fused-ring (bicyclic) bond motifs is 1. The highest BCUT2D eigenvalue weighted by atomic mass is 16.6. The lowest BCUT2D eigenvalue weighted by Crippen LogP contribution is -2.49. The number of aliphatic hydroxyl groups excluding tert-OH is 1. The zero-order valence-electron chi connectivity index (χ0n) is 14.5. The van der Waals surface area contributed by atoms with Gasteiger partial charge in [-0.15, -0.1) is 0 Å². The molecule has 0 radical (unpaired) electrons. The molecule has 1 heterocycles. The van der Waals surface area contributed by atoms with Gasteiger partial charge in [-0.05, 0) is 46.1 Å². The van der Waals surface area contributed by atoms with E-state index in [9.17, 15) is 9.90 Å². The van der Waals surface area contributed by atoms with Crippen molar-refractivity contribution in [1.29, 1.82) is 0 Å². The predicted octanol–water partition coefficient (Wildman–Crippen LogP) is 3.90. The molecule has 0 bridgehead atoms. The molecule has 0 aromatic heterocycles. The highest BCUT2D eigenvalue weighted by molar-refractivity contribution is 5.71. The van der Waals surface area contributed by atoms with Gasteiger partial charge in [-0.3, -0.25) is 4.90 Å². The van der Waals surface area contributed by atoms with Crippen LogP contribution in [0.4, 0.5) is 4.79 Å². The minimum atomic E-state index is -0.545. The van der Waals surface area contributed by atoms with Crippen LogP contribution >= 0.6 is 0 Å². The summed E-state index contributed by atoms with van der Waals surface area (Å²) in [5.74, 6) is 0.111. The smallest absolute Gasteiger partial charge is 0.411 e. The molecule has 1 aromatic rings. The molecule has 1 amide bonds. The van der Waals surface area contributed by atoms with Gasteiger partial charge in [-0.2, -0.15) is 0 Å². The van der Waals surface area contributed by atoms with Gasteiger partial charge in [0, 0.05) is 11.5 Å². The van der Waals surface area contributed by atoms with Gasteiger partial charge in [0.1, 0.15) is 5.60 Å². The Bertz CT molecular complexity index is 580. The second-order valence-corrected chi connectivity index (χ2v) is 8.05. The van der Waals surface area contributed by atoms with Gasteiger partial charge in [0.25, 0.3) is 0 Å². The summed E-state index contributed by atoms with van der Waals surface area (Å²) in [5.41, 5.74) is 0.0972. The second-order valence-electron chi connectivity index (χ2n) is 8.05. The normalized spacial score (nSPS) is 33.6. The van der Waals surface area contributed by atoms with Gasteiger partial charge >= 0.3 is 6.09 Å². The average molecular weight is 317 g/mol. The Morgan fingerprint density at radius 1 is 1.30 bits per heavy atom. The Labute approximate surface area is 138 Å². The largest absolute Gasteiger partial charge is 0.444 e. The lowest BCUT2D eigenvalue weighted by atomic mass is 9.87. The number of benzene rings is 1. The summed E-state index contributed by atoms with van der Waals surface area (Å²) in [6, 6.07) is 9.48. The first-order chi connectivity index (χ1) is 10.7. The number of carbonyl (C=O) groups excluding carboxylic acids is 1. The number of carbonyl (C=O) groups is 1. The van der Waals surface area contributed by atoms with Gasteiger partial charge in [-0.25, -0.2) is 4.79 Å². The molecule has 4 atom stereocenters. The van der Waals surface area contributed by atoms with Crippen LogP contribution in [0.3, 0.4) is 0 Å². The fourth-order valence-electron chi connectivity index (χ4n) is 4.33. The highest BCUT2D eigenvalue weighted by Gasteiger charge is 2.60. The predicted molar refractivity (Wildman–Crippen MR) is 89.0 cm³/mol. The van der Waals surface area contributed by atoms with Crippen LogP contribution in [-0.2, 0) is 4.74 Å². The van der Waals surface area contributed by atoms with Crippen molar-refractivity contribution in [3.05, 3.63) is 35.9 Å². The maximum Gasteiger partial charge on any atom is 0.411 e. The van der Waals surface area contributed by atoms with Crippen molar-refractivity contribution in [1.82, 2.24) is 4.90 Å². The Balaban J connectivity index is 2.01. The zero-order valence-corrected chi connectivity index (χ0v) is 14.5. The number of aliphatic hydroxyl groups is 1. The Kier molecular flexibility index (Phi) is 3.91. The maximum absolute atomic E-state index is 12.9. The molecule has 2 aliphatic rings. The number of likely N-dealkylation sites (tertiary alicyclic amines) is 1.